The lowest BCUT2D eigenvalue weighted by molar-refractivity contribution is 0.0565. The smallest absolute Gasteiger partial charge is 0.414 e. The molecule has 0 fully saturated rings. The van der Waals surface area contributed by atoms with Crippen molar-refractivity contribution in [3.05, 3.63) is 28.8 Å². The molecule has 0 radical (unpaired) electrons. The summed E-state index contributed by atoms with van der Waals surface area (Å²) in [5.74, 6) is 0. The Morgan fingerprint density at radius 2 is 2.16 bits per heavy atom. The van der Waals surface area contributed by atoms with Gasteiger partial charge in [-0.15, -0.1) is 0 Å². The lowest BCUT2D eigenvalue weighted by Gasteiger charge is -2.33. The SMILES string of the molecule is CC(C)(C)OC(=O)N1CCC(O)c2cc(Cl)ccc21. The van der Waals surface area contributed by atoms with E-state index in [1.807, 2.05) is 20.8 Å². The monoisotopic (exact) mass is 283 g/mol. The van der Waals surface area contributed by atoms with Crippen LogP contribution >= 0.6 is 11.6 Å². The third-order valence-electron chi connectivity index (χ3n) is 2.88. The molecule has 104 valence electrons. The predicted molar refractivity (Wildman–Crippen MR) is 74.6 cm³/mol. The molecule has 0 saturated heterocycles. The van der Waals surface area contributed by atoms with E-state index in [4.69, 9.17) is 16.3 Å². The molecule has 1 heterocycles. The third kappa shape index (κ3) is 3.19. The maximum atomic E-state index is 12.2. The summed E-state index contributed by atoms with van der Waals surface area (Å²) in [5, 5.41) is 10.5. The summed E-state index contributed by atoms with van der Waals surface area (Å²) in [6.07, 6.45) is -0.512. The molecular formula is C14H18ClNO3. The van der Waals surface area contributed by atoms with Gasteiger partial charge in [0.2, 0.25) is 0 Å². The molecule has 1 N–H and O–H groups in total. The first-order chi connectivity index (χ1) is 8.78. The Hall–Kier alpha value is -1.26. The van der Waals surface area contributed by atoms with Crippen molar-refractivity contribution < 1.29 is 14.6 Å². The van der Waals surface area contributed by atoms with E-state index >= 15 is 0 Å². The number of aliphatic hydroxyl groups excluding tert-OH is 1. The molecule has 0 bridgehead atoms. The average Bonchev–Trinajstić information content (AvgIpc) is 2.27. The molecule has 1 aromatic rings. The first-order valence-electron chi connectivity index (χ1n) is 6.26. The number of amides is 1. The molecule has 4 nitrogen and oxygen atoms in total. The summed E-state index contributed by atoms with van der Waals surface area (Å²) < 4.78 is 5.37. The molecule has 1 atom stereocenters. The van der Waals surface area contributed by atoms with Crippen molar-refractivity contribution in [2.45, 2.75) is 38.9 Å². The van der Waals surface area contributed by atoms with Gasteiger partial charge in [-0.1, -0.05) is 11.6 Å². The lowest BCUT2D eigenvalue weighted by Crippen LogP contribution is -2.40. The number of nitrogens with zero attached hydrogens (tertiary/aromatic N) is 1. The molecule has 2 rings (SSSR count). The zero-order valence-electron chi connectivity index (χ0n) is 11.3. The number of hydrogen-bond donors (Lipinski definition) is 1. The highest BCUT2D eigenvalue weighted by Crippen LogP contribution is 2.36. The van der Waals surface area contributed by atoms with Gasteiger partial charge >= 0.3 is 6.09 Å². The van der Waals surface area contributed by atoms with Gasteiger partial charge in [-0.25, -0.2) is 4.79 Å². The summed E-state index contributed by atoms with van der Waals surface area (Å²) in [4.78, 5) is 13.7. The van der Waals surface area contributed by atoms with Gasteiger partial charge in [0, 0.05) is 17.1 Å². The molecule has 5 heteroatoms. The second-order valence-electron chi connectivity index (χ2n) is 5.64. The Morgan fingerprint density at radius 1 is 1.47 bits per heavy atom. The molecule has 0 aliphatic carbocycles. The second kappa shape index (κ2) is 5.02. The number of hydrogen-bond acceptors (Lipinski definition) is 3. The van der Waals surface area contributed by atoms with Gasteiger partial charge in [-0.05, 0) is 45.4 Å². The van der Waals surface area contributed by atoms with Gasteiger partial charge in [0.15, 0.2) is 0 Å². The van der Waals surface area contributed by atoms with E-state index in [9.17, 15) is 9.90 Å². The fourth-order valence-corrected chi connectivity index (χ4v) is 2.25. The fraction of sp³-hybridized carbons (Fsp3) is 0.500. The zero-order chi connectivity index (χ0) is 14.2. The molecule has 0 spiro atoms. The van der Waals surface area contributed by atoms with Crippen LogP contribution in [0, 0.1) is 0 Å². The summed E-state index contributed by atoms with van der Waals surface area (Å²) >= 11 is 5.93. The molecule has 1 aliphatic heterocycles. The van der Waals surface area contributed by atoms with Crippen LogP contribution in [0.3, 0.4) is 0 Å². The summed E-state index contributed by atoms with van der Waals surface area (Å²) in [5.41, 5.74) is 0.793. The number of fused-ring (bicyclic) bond motifs is 1. The standard InChI is InChI=1S/C14H18ClNO3/c1-14(2,3)19-13(18)16-7-6-12(17)10-8-9(15)4-5-11(10)16/h4-5,8,12,17H,6-7H2,1-3H3. The van der Waals surface area contributed by atoms with E-state index < -0.39 is 17.8 Å². The van der Waals surface area contributed by atoms with Crippen LogP contribution < -0.4 is 4.90 Å². The van der Waals surface area contributed by atoms with Crippen LogP contribution in [-0.4, -0.2) is 23.3 Å². The van der Waals surface area contributed by atoms with Gasteiger partial charge in [-0.2, -0.15) is 0 Å². The number of anilines is 1. The molecule has 0 saturated carbocycles. The molecule has 1 aromatic carbocycles. The maximum absolute atomic E-state index is 12.2. The average molecular weight is 284 g/mol. The maximum Gasteiger partial charge on any atom is 0.414 e. The molecule has 19 heavy (non-hydrogen) atoms. The van der Waals surface area contributed by atoms with Crippen molar-refractivity contribution >= 4 is 23.4 Å². The first-order valence-corrected chi connectivity index (χ1v) is 6.64. The van der Waals surface area contributed by atoms with Crippen LogP contribution in [0.15, 0.2) is 18.2 Å². The largest absolute Gasteiger partial charge is 0.443 e. The third-order valence-corrected chi connectivity index (χ3v) is 3.11. The van der Waals surface area contributed by atoms with E-state index in [1.54, 1.807) is 23.1 Å². The van der Waals surface area contributed by atoms with Crippen molar-refractivity contribution in [1.82, 2.24) is 0 Å². The highest BCUT2D eigenvalue weighted by atomic mass is 35.5. The van der Waals surface area contributed by atoms with E-state index in [0.717, 1.165) is 0 Å². The highest BCUT2D eigenvalue weighted by Gasteiger charge is 2.30. The summed E-state index contributed by atoms with van der Waals surface area (Å²) in [7, 11) is 0. The van der Waals surface area contributed by atoms with E-state index in [2.05, 4.69) is 0 Å². The fourth-order valence-electron chi connectivity index (χ4n) is 2.07. The van der Waals surface area contributed by atoms with Crippen LogP contribution in [0.4, 0.5) is 10.5 Å². The molecule has 1 aliphatic rings. The van der Waals surface area contributed by atoms with Gasteiger partial charge in [0.05, 0.1) is 11.8 Å². The minimum absolute atomic E-state index is 0.400. The Kier molecular flexibility index (Phi) is 3.74. The Morgan fingerprint density at radius 3 is 2.79 bits per heavy atom. The molecule has 1 amide bonds. The molecular weight excluding hydrogens is 266 g/mol. The number of rotatable bonds is 0. The number of carbonyl (C=O) groups excluding carboxylic acids is 1. The number of benzene rings is 1. The lowest BCUT2D eigenvalue weighted by atomic mass is 9.99. The van der Waals surface area contributed by atoms with E-state index in [0.29, 0.717) is 29.2 Å². The first kappa shape index (κ1) is 14.2. The van der Waals surface area contributed by atoms with Gasteiger partial charge in [-0.3, -0.25) is 4.90 Å². The second-order valence-corrected chi connectivity index (χ2v) is 6.08. The van der Waals surface area contributed by atoms with Gasteiger partial charge in [0.25, 0.3) is 0 Å². The van der Waals surface area contributed by atoms with Crippen LogP contribution in [0.5, 0.6) is 0 Å². The quantitative estimate of drug-likeness (QED) is 0.792. The minimum atomic E-state index is -0.590. The van der Waals surface area contributed by atoms with Gasteiger partial charge in [0.1, 0.15) is 5.60 Å². The molecule has 1 unspecified atom stereocenters. The number of halogens is 1. The zero-order valence-corrected chi connectivity index (χ0v) is 12.1. The topological polar surface area (TPSA) is 49.8 Å². The van der Waals surface area contributed by atoms with Crippen molar-refractivity contribution in [3.63, 3.8) is 0 Å². The summed E-state index contributed by atoms with van der Waals surface area (Å²) in [6.45, 7) is 5.91. The van der Waals surface area contributed by atoms with Crippen LogP contribution in [0.1, 0.15) is 38.9 Å². The van der Waals surface area contributed by atoms with Crippen LogP contribution in [0.25, 0.3) is 0 Å². The number of ether oxygens (including phenoxy) is 1. The van der Waals surface area contributed by atoms with E-state index in [-0.39, 0.29) is 0 Å². The van der Waals surface area contributed by atoms with Crippen molar-refractivity contribution in [2.24, 2.45) is 0 Å². The Bertz CT molecular complexity index is 496. The van der Waals surface area contributed by atoms with Crippen molar-refractivity contribution in [1.29, 1.82) is 0 Å². The Labute approximate surface area is 117 Å². The van der Waals surface area contributed by atoms with Gasteiger partial charge < -0.3 is 9.84 Å². The predicted octanol–water partition coefficient (Wildman–Crippen LogP) is 3.52. The van der Waals surface area contributed by atoms with Crippen molar-refractivity contribution in [2.75, 3.05) is 11.4 Å². The number of carbonyl (C=O) groups is 1. The Balaban J connectivity index is 2.31. The number of aliphatic hydroxyl groups is 1. The summed E-state index contributed by atoms with van der Waals surface area (Å²) in [6, 6.07) is 5.14. The van der Waals surface area contributed by atoms with Crippen LogP contribution in [-0.2, 0) is 4.74 Å². The normalized spacial score (nSPS) is 19.0. The highest BCUT2D eigenvalue weighted by molar-refractivity contribution is 6.30. The van der Waals surface area contributed by atoms with E-state index in [1.165, 1.54) is 0 Å². The molecule has 0 aromatic heterocycles. The minimum Gasteiger partial charge on any atom is -0.443 e. The van der Waals surface area contributed by atoms with Crippen molar-refractivity contribution in [3.8, 4) is 0 Å². The van der Waals surface area contributed by atoms with Crippen LogP contribution in [0.2, 0.25) is 5.02 Å².